The van der Waals surface area contributed by atoms with Crippen LogP contribution in [-0.4, -0.2) is 27.8 Å². The van der Waals surface area contributed by atoms with Crippen LogP contribution in [0.3, 0.4) is 0 Å². The predicted molar refractivity (Wildman–Crippen MR) is 81.7 cm³/mol. The molecule has 3 rings (SSSR count). The van der Waals surface area contributed by atoms with Crippen LogP contribution in [0.1, 0.15) is 15.9 Å². The highest BCUT2D eigenvalue weighted by Gasteiger charge is 2.19. The number of carbonyl (C=O) groups is 1. The van der Waals surface area contributed by atoms with Gasteiger partial charge in [0.1, 0.15) is 11.4 Å². The van der Waals surface area contributed by atoms with Crippen molar-refractivity contribution in [3.63, 3.8) is 0 Å². The van der Waals surface area contributed by atoms with Crippen molar-refractivity contribution in [1.29, 1.82) is 0 Å². The lowest BCUT2D eigenvalue weighted by Gasteiger charge is -2.07. The number of nitrogens with zero attached hydrogens (tertiary/aromatic N) is 2. The first-order valence-corrected chi connectivity index (χ1v) is 7.89. The van der Waals surface area contributed by atoms with Crippen molar-refractivity contribution in [2.45, 2.75) is 18.1 Å². The van der Waals surface area contributed by atoms with Crippen LogP contribution in [0.15, 0.2) is 40.4 Å². The number of benzene rings is 1. The fraction of sp³-hybridized carbons (Fsp3) is 0.267. The van der Waals surface area contributed by atoms with E-state index in [1.807, 2.05) is 0 Å². The molecular formula is C15H14FN3O2S. The van der Waals surface area contributed by atoms with Gasteiger partial charge in [-0.1, -0.05) is 23.9 Å². The van der Waals surface area contributed by atoms with E-state index in [9.17, 15) is 14.0 Å². The maximum Gasteiger partial charge on any atom is 0.267 e. The largest absolute Gasteiger partial charge is 0.351 e. The standard InChI is InChI=1S/C15H14FN3O2S/c16-11-3-1-2-10(8-11)4-5-17-13(20)12-9-18-15-19(14(12)21)6-7-22-15/h1-3,8-9H,4-7H2,(H,17,20). The second-order valence-electron chi connectivity index (χ2n) is 4.90. The lowest BCUT2D eigenvalue weighted by molar-refractivity contribution is 0.0951. The summed E-state index contributed by atoms with van der Waals surface area (Å²) in [5.41, 5.74) is 0.532. The minimum Gasteiger partial charge on any atom is -0.351 e. The van der Waals surface area contributed by atoms with Crippen LogP contribution in [0, 0.1) is 5.82 Å². The number of amides is 1. The summed E-state index contributed by atoms with van der Waals surface area (Å²) < 4.78 is 14.6. The van der Waals surface area contributed by atoms with E-state index in [0.29, 0.717) is 24.7 Å². The molecule has 114 valence electrons. The Morgan fingerprint density at radius 2 is 2.32 bits per heavy atom. The number of fused-ring (bicyclic) bond motifs is 1. The molecule has 0 saturated heterocycles. The van der Waals surface area contributed by atoms with Crippen LogP contribution < -0.4 is 10.9 Å². The number of nitrogens with one attached hydrogen (secondary N) is 1. The molecule has 1 aromatic heterocycles. The Morgan fingerprint density at radius 3 is 3.14 bits per heavy atom. The Morgan fingerprint density at radius 1 is 1.45 bits per heavy atom. The highest BCUT2D eigenvalue weighted by molar-refractivity contribution is 7.99. The average molecular weight is 319 g/mol. The van der Waals surface area contributed by atoms with Crippen LogP contribution in [0.5, 0.6) is 0 Å². The number of hydrogen-bond acceptors (Lipinski definition) is 4. The maximum absolute atomic E-state index is 13.1. The molecule has 0 atom stereocenters. The van der Waals surface area contributed by atoms with Gasteiger partial charge in [0.2, 0.25) is 0 Å². The number of carbonyl (C=O) groups excluding carboxylic acids is 1. The smallest absolute Gasteiger partial charge is 0.267 e. The van der Waals surface area contributed by atoms with Gasteiger partial charge in [-0.05, 0) is 24.1 Å². The zero-order chi connectivity index (χ0) is 15.5. The highest BCUT2D eigenvalue weighted by Crippen LogP contribution is 2.20. The van der Waals surface area contributed by atoms with Gasteiger partial charge in [0.25, 0.3) is 11.5 Å². The molecule has 1 amide bonds. The van der Waals surface area contributed by atoms with Crippen molar-refractivity contribution in [3.05, 3.63) is 57.8 Å². The minimum atomic E-state index is -0.443. The van der Waals surface area contributed by atoms with E-state index in [1.54, 1.807) is 12.1 Å². The molecule has 2 heterocycles. The van der Waals surface area contributed by atoms with Gasteiger partial charge in [-0.2, -0.15) is 0 Å². The van der Waals surface area contributed by atoms with Gasteiger partial charge in [-0.25, -0.2) is 9.37 Å². The molecule has 1 aromatic carbocycles. The van der Waals surface area contributed by atoms with Crippen molar-refractivity contribution in [2.24, 2.45) is 0 Å². The van der Waals surface area contributed by atoms with Crippen LogP contribution in [-0.2, 0) is 13.0 Å². The molecule has 1 N–H and O–H groups in total. The Balaban J connectivity index is 1.64. The van der Waals surface area contributed by atoms with E-state index in [0.717, 1.165) is 11.3 Å². The second-order valence-corrected chi connectivity index (χ2v) is 5.96. The predicted octanol–water partition coefficient (Wildman–Crippen LogP) is 1.46. The van der Waals surface area contributed by atoms with Gasteiger partial charge in [0, 0.05) is 25.0 Å². The lowest BCUT2D eigenvalue weighted by atomic mass is 10.1. The summed E-state index contributed by atoms with van der Waals surface area (Å²) in [5.74, 6) is 0.0517. The Labute approximate surface area is 130 Å². The second kappa shape index (κ2) is 6.31. The van der Waals surface area contributed by atoms with Crippen molar-refractivity contribution >= 4 is 17.7 Å². The molecule has 0 saturated carbocycles. The molecule has 22 heavy (non-hydrogen) atoms. The van der Waals surface area contributed by atoms with Crippen LogP contribution in [0.2, 0.25) is 0 Å². The molecule has 0 fully saturated rings. The average Bonchev–Trinajstić information content (AvgIpc) is 2.97. The fourth-order valence-electron chi connectivity index (χ4n) is 2.28. The monoisotopic (exact) mass is 319 g/mol. The first-order chi connectivity index (χ1) is 10.6. The first-order valence-electron chi connectivity index (χ1n) is 6.90. The topological polar surface area (TPSA) is 64.0 Å². The van der Waals surface area contributed by atoms with Gasteiger partial charge >= 0.3 is 0 Å². The van der Waals surface area contributed by atoms with Crippen LogP contribution in [0.25, 0.3) is 0 Å². The van der Waals surface area contributed by atoms with Gasteiger partial charge in [-0.15, -0.1) is 0 Å². The fourth-order valence-corrected chi connectivity index (χ4v) is 3.20. The third-order valence-electron chi connectivity index (χ3n) is 3.39. The molecule has 0 aliphatic carbocycles. The Hall–Kier alpha value is -2.15. The van der Waals surface area contributed by atoms with Gasteiger partial charge < -0.3 is 5.32 Å². The number of hydrogen-bond donors (Lipinski definition) is 1. The molecule has 5 nitrogen and oxygen atoms in total. The first kappa shape index (κ1) is 14.8. The van der Waals surface area contributed by atoms with Crippen molar-refractivity contribution in [3.8, 4) is 0 Å². The Bertz CT molecular complexity index is 776. The summed E-state index contributed by atoms with van der Waals surface area (Å²) in [6.07, 6.45) is 1.82. The molecule has 0 bridgehead atoms. The van der Waals surface area contributed by atoms with E-state index >= 15 is 0 Å². The maximum atomic E-state index is 13.1. The minimum absolute atomic E-state index is 0.0468. The quantitative estimate of drug-likeness (QED) is 0.867. The molecule has 0 spiro atoms. The lowest BCUT2D eigenvalue weighted by Crippen LogP contribution is -2.34. The van der Waals surface area contributed by atoms with Crippen molar-refractivity contribution in [1.82, 2.24) is 14.9 Å². The molecular weight excluding hydrogens is 305 g/mol. The van der Waals surface area contributed by atoms with Crippen molar-refractivity contribution < 1.29 is 9.18 Å². The number of aromatic nitrogens is 2. The molecule has 0 unspecified atom stereocenters. The van der Waals surface area contributed by atoms with E-state index in [4.69, 9.17) is 0 Å². The van der Waals surface area contributed by atoms with E-state index in [1.165, 1.54) is 34.7 Å². The van der Waals surface area contributed by atoms with E-state index < -0.39 is 5.91 Å². The Kier molecular flexibility index (Phi) is 4.24. The van der Waals surface area contributed by atoms with Gasteiger partial charge in [-0.3, -0.25) is 14.2 Å². The SMILES string of the molecule is O=C(NCCc1cccc(F)c1)c1cnc2n(c1=O)CCS2. The van der Waals surface area contributed by atoms with Gasteiger partial charge in [0.05, 0.1) is 0 Å². The molecule has 2 aromatic rings. The third kappa shape index (κ3) is 3.04. The summed E-state index contributed by atoms with van der Waals surface area (Å²) in [4.78, 5) is 28.4. The highest BCUT2D eigenvalue weighted by atomic mass is 32.2. The van der Waals surface area contributed by atoms with Crippen LogP contribution in [0.4, 0.5) is 4.39 Å². The zero-order valence-electron chi connectivity index (χ0n) is 11.7. The number of rotatable bonds is 4. The number of thioether (sulfide) groups is 1. The van der Waals surface area contributed by atoms with Crippen LogP contribution >= 0.6 is 11.8 Å². The van der Waals surface area contributed by atoms with Crippen molar-refractivity contribution in [2.75, 3.05) is 12.3 Å². The summed E-state index contributed by atoms with van der Waals surface area (Å²) in [5, 5.41) is 3.33. The number of halogens is 1. The normalized spacial score (nSPS) is 13.0. The molecule has 0 radical (unpaired) electrons. The third-order valence-corrected chi connectivity index (χ3v) is 4.36. The summed E-state index contributed by atoms with van der Waals surface area (Å²) in [6, 6.07) is 6.21. The summed E-state index contributed by atoms with van der Waals surface area (Å²) in [6.45, 7) is 0.911. The molecule has 1 aliphatic heterocycles. The summed E-state index contributed by atoms with van der Waals surface area (Å²) in [7, 11) is 0. The summed E-state index contributed by atoms with van der Waals surface area (Å²) >= 11 is 1.50. The zero-order valence-corrected chi connectivity index (χ0v) is 12.5. The van der Waals surface area contributed by atoms with E-state index in [2.05, 4.69) is 10.3 Å². The molecule has 7 heteroatoms. The molecule has 1 aliphatic rings. The van der Waals surface area contributed by atoms with Gasteiger partial charge in [0.15, 0.2) is 5.16 Å². The van der Waals surface area contributed by atoms with E-state index in [-0.39, 0.29) is 16.9 Å².